The van der Waals surface area contributed by atoms with Crippen LogP contribution in [0.25, 0.3) is 0 Å². The van der Waals surface area contributed by atoms with Crippen molar-refractivity contribution >= 4 is 5.69 Å². The van der Waals surface area contributed by atoms with E-state index in [1.165, 1.54) is 12.8 Å². The summed E-state index contributed by atoms with van der Waals surface area (Å²) in [5.41, 5.74) is 2.12. The minimum absolute atomic E-state index is 0.332. The molecule has 1 fully saturated rings. The van der Waals surface area contributed by atoms with E-state index in [1.54, 1.807) is 0 Å². The van der Waals surface area contributed by atoms with Gasteiger partial charge in [0.25, 0.3) is 0 Å². The summed E-state index contributed by atoms with van der Waals surface area (Å²) in [6, 6.07) is 18.2. The Kier molecular flexibility index (Phi) is 5.14. The average molecular weight is 349 g/mol. The largest absolute Gasteiger partial charge is 0.488 e. The number of nitrogens with zero attached hydrogens (tertiary/aromatic N) is 2. The van der Waals surface area contributed by atoms with E-state index in [4.69, 9.17) is 9.15 Å². The molecule has 2 aromatic carbocycles. The minimum atomic E-state index is 0.332. The first-order chi connectivity index (χ1) is 12.9. The van der Waals surface area contributed by atoms with Gasteiger partial charge in [0, 0.05) is 0 Å². The first-order valence-corrected chi connectivity index (χ1v) is 9.21. The van der Waals surface area contributed by atoms with Crippen molar-refractivity contribution in [2.45, 2.75) is 44.8 Å². The molecule has 4 rings (SSSR count). The molecule has 1 N–H and O–H groups in total. The lowest BCUT2D eigenvalue weighted by molar-refractivity contribution is 0.211. The van der Waals surface area contributed by atoms with Crippen LogP contribution >= 0.6 is 0 Å². The number of benzene rings is 2. The molecule has 134 valence electrons. The summed E-state index contributed by atoms with van der Waals surface area (Å²) in [7, 11) is 0. The molecule has 5 nitrogen and oxygen atoms in total. The van der Waals surface area contributed by atoms with Crippen LogP contribution in [0.3, 0.4) is 0 Å². The van der Waals surface area contributed by atoms with Crippen LogP contribution in [0.1, 0.15) is 43.0 Å². The highest BCUT2D eigenvalue weighted by molar-refractivity contribution is 5.56. The summed E-state index contributed by atoms with van der Waals surface area (Å²) in [5, 5.41) is 11.6. The van der Waals surface area contributed by atoms with Crippen molar-refractivity contribution in [1.29, 1.82) is 0 Å². The van der Waals surface area contributed by atoms with Gasteiger partial charge in [0.2, 0.25) is 11.8 Å². The van der Waals surface area contributed by atoms with Gasteiger partial charge in [0.15, 0.2) is 0 Å². The Morgan fingerprint density at radius 2 is 1.65 bits per heavy atom. The molecule has 1 aliphatic rings. The van der Waals surface area contributed by atoms with Crippen molar-refractivity contribution in [2.75, 3.05) is 5.32 Å². The fourth-order valence-corrected chi connectivity index (χ4v) is 3.27. The lowest BCUT2D eigenvalue weighted by Crippen LogP contribution is -2.12. The van der Waals surface area contributed by atoms with Crippen LogP contribution in [0.5, 0.6) is 5.75 Å². The van der Waals surface area contributed by atoms with E-state index in [-0.39, 0.29) is 0 Å². The number of hydrogen-bond acceptors (Lipinski definition) is 5. The minimum Gasteiger partial charge on any atom is -0.488 e. The fourth-order valence-electron chi connectivity index (χ4n) is 3.27. The van der Waals surface area contributed by atoms with Gasteiger partial charge in [-0.15, -0.1) is 10.2 Å². The smallest absolute Gasteiger partial charge is 0.235 e. The molecular formula is C21H23N3O2. The van der Waals surface area contributed by atoms with Crippen molar-refractivity contribution in [1.82, 2.24) is 10.2 Å². The molecule has 1 heterocycles. The molecule has 0 bridgehead atoms. The first-order valence-electron chi connectivity index (χ1n) is 9.21. The summed E-state index contributed by atoms with van der Waals surface area (Å²) < 4.78 is 11.9. The third-order valence-corrected chi connectivity index (χ3v) is 4.62. The van der Waals surface area contributed by atoms with E-state index >= 15 is 0 Å². The predicted molar refractivity (Wildman–Crippen MR) is 100 cm³/mol. The SMILES string of the molecule is c1ccc(Cc2nnc(CNc3ccccc3OC3CCCC3)o2)cc1. The fraction of sp³-hybridized carbons (Fsp3) is 0.333. The molecule has 0 aliphatic heterocycles. The van der Waals surface area contributed by atoms with E-state index in [9.17, 15) is 0 Å². The van der Waals surface area contributed by atoms with Gasteiger partial charge in [0.05, 0.1) is 24.8 Å². The maximum atomic E-state index is 6.15. The Hall–Kier alpha value is -2.82. The van der Waals surface area contributed by atoms with Crippen LogP contribution in [0.15, 0.2) is 59.0 Å². The summed E-state index contributed by atoms with van der Waals surface area (Å²) in [6.45, 7) is 0.479. The van der Waals surface area contributed by atoms with Gasteiger partial charge in [-0.05, 0) is 43.4 Å². The van der Waals surface area contributed by atoms with E-state index in [1.807, 2.05) is 42.5 Å². The molecule has 1 saturated carbocycles. The Morgan fingerprint density at radius 1 is 0.923 bits per heavy atom. The number of para-hydroxylation sites is 2. The van der Waals surface area contributed by atoms with Gasteiger partial charge in [-0.1, -0.05) is 42.5 Å². The maximum Gasteiger partial charge on any atom is 0.235 e. The molecule has 0 spiro atoms. The van der Waals surface area contributed by atoms with Crippen molar-refractivity contribution in [2.24, 2.45) is 0 Å². The van der Waals surface area contributed by atoms with Crippen molar-refractivity contribution in [3.05, 3.63) is 71.9 Å². The second-order valence-corrected chi connectivity index (χ2v) is 6.63. The van der Waals surface area contributed by atoms with Crippen LogP contribution in [0.2, 0.25) is 0 Å². The van der Waals surface area contributed by atoms with Gasteiger partial charge in [0.1, 0.15) is 5.75 Å². The lowest BCUT2D eigenvalue weighted by atomic mass is 10.2. The molecular weight excluding hydrogens is 326 g/mol. The molecule has 0 radical (unpaired) electrons. The number of aromatic nitrogens is 2. The van der Waals surface area contributed by atoms with Gasteiger partial charge < -0.3 is 14.5 Å². The topological polar surface area (TPSA) is 60.2 Å². The first kappa shape index (κ1) is 16.6. The average Bonchev–Trinajstić information content (AvgIpc) is 3.34. The van der Waals surface area contributed by atoms with Crippen molar-refractivity contribution < 1.29 is 9.15 Å². The van der Waals surface area contributed by atoms with Gasteiger partial charge in [-0.2, -0.15) is 0 Å². The Labute approximate surface area is 153 Å². The Bertz CT molecular complexity index is 826. The molecule has 1 aromatic heterocycles. The van der Waals surface area contributed by atoms with E-state index in [0.717, 1.165) is 29.8 Å². The molecule has 0 amide bonds. The Morgan fingerprint density at radius 3 is 2.50 bits per heavy atom. The molecule has 26 heavy (non-hydrogen) atoms. The molecule has 0 atom stereocenters. The van der Waals surface area contributed by atoms with E-state index in [0.29, 0.717) is 30.9 Å². The van der Waals surface area contributed by atoms with E-state index in [2.05, 4.69) is 27.6 Å². The summed E-state index contributed by atoms with van der Waals surface area (Å²) in [6.07, 6.45) is 5.77. The second kappa shape index (κ2) is 8.04. The monoisotopic (exact) mass is 349 g/mol. The Balaban J connectivity index is 1.37. The van der Waals surface area contributed by atoms with E-state index < -0.39 is 0 Å². The quantitative estimate of drug-likeness (QED) is 0.676. The zero-order valence-electron chi connectivity index (χ0n) is 14.7. The molecule has 3 aromatic rings. The van der Waals surface area contributed by atoms with Crippen molar-refractivity contribution in [3.8, 4) is 5.75 Å². The molecule has 5 heteroatoms. The summed E-state index contributed by atoms with van der Waals surface area (Å²) in [4.78, 5) is 0. The lowest BCUT2D eigenvalue weighted by Gasteiger charge is -2.16. The van der Waals surface area contributed by atoms with Crippen LogP contribution in [-0.2, 0) is 13.0 Å². The third-order valence-electron chi connectivity index (χ3n) is 4.62. The van der Waals surface area contributed by atoms with Gasteiger partial charge in [-0.3, -0.25) is 0 Å². The zero-order chi connectivity index (χ0) is 17.6. The van der Waals surface area contributed by atoms with Gasteiger partial charge in [-0.25, -0.2) is 0 Å². The molecule has 0 unspecified atom stereocenters. The zero-order valence-corrected chi connectivity index (χ0v) is 14.7. The van der Waals surface area contributed by atoms with Crippen LogP contribution in [0.4, 0.5) is 5.69 Å². The number of hydrogen-bond donors (Lipinski definition) is 1. The van der Waals surface area contributed by atoms with Crippen LogP contribution < -0.4 is 10.1 Å². The van der Waals surface area contributed by atoms with Crippen LogP contribution in [-0.4, -0.2) is 16.3 Å². The van der Waals surface area contributed by atoms with Crippen LogP contribution in [0, 0.1) is 0 Å². The highest BCUT2D eigenvalue weighted by atomic mass is 16.5. The standard InChI is InChI=1S/C21H23N3O2/c1-2-8-16(9-3-1)14-20-23-24-21(26-20)15-22-18-12-6-7-13-19(18)25-17-10-4-5-11-17/h1-3,6-9,12-13,17,22H,4-5,10-11,14-15H2. The highest BCUT2D eigenvalue weighted by Gasteiger charge is 2.18. The third kappa shape index (κ3) is 4.23. The second-order valence-electron chi connectivity index (χ2n) is 6.63. The number of anilines is 1. The normalized spacial score (nSPS) is 14.5. The molecule has 0 saturated heterocycles. The number of nitrogens with one attached hydrogen (secondary N) is 1. The highest BCUT2D eigenvalue weighted by Crippen LogP contribution is 2.29. The van der Waals surface area contributed by atoms with Crippen molar-refractivity contribution in [3.63, 3.8) is 0 Å². The molecule has 1 aliphatic carbocycles. The number of ether oxygens (including phenoxy) is 1. The predicted octanol–water partition coefficient (Wildman–Crippen LogP) is 4.59. The van der Waals surface area contributed by atoms with Gasteiger partial charge >= 0.3 is 0 Å². The summed E-state index contributed by atoms with van der Waals surface area (Å²) in [5.74, 6) is 2.10. The summed E-state index contributed by atoms with van der Waals surface area (Å²) >= 11 is 0. The number of rotatable bonds is 7. The maximum absolute atomic E-state index is 6.15.